The summed E-state index contributed by atoms with van der Waals surface area (Å²) in [6.07, 6.45) is 0. The van der Waals surface area contributed by atoms with Crippen LogP contribution >= 0.6 is 0 Å². The van der Waals surface area contributed by atoms with Gasteiger partial charge in [0.2, 0.25) is 5.91 Å². The molecule has 0 bridgehead atoms. The lowest BCUT2D eigenvalue weighted by Gasteiger charge is -2.32. The van der Waals surface area contributed by atoms with E-state index in [2.05, 4.69) is 0 Å². The zero-order valence-electron chi connectivity index (χ0n) is 9.43. The van der Waals surface area contributed by atoms with Crippen LogP contribution in [0.15, 0.2) is 30.3 Å². The topological polar surface area (TPSA) is 32.8 Å². The number of carbonyl (C=O) groups is 1. The van der Waals surface area contributed by atoms with Crippen LogP contribution in [-0.2, 0) is 16.2 Å². The van der Waals surface area contributed by atoms with E-state index < -0.39 is 0 Å². The number of benzene rings is 1. The van der Waals surface area contributed by atoms with Crippen molar-refractivity contribution in [1.29, 1.82) is 0 Å². The highest BCUT2D eigenvalue weighted by atomic mass is 16.7. The fourth-order valence-corrected chi connectivity index (χ4v) is 1.81. The second kappa shape index (κ2) is 5.09. The second-order valence-corrected chi connectivity index (χ2v) is 3.85. The van der Waals surface area contributed by atoms with Crippen molar-refractivity contribution >= 4 is 5.91 Å². The molecule has 1 aromatic rings. The summed E-state index contributed by atoms with van der Waals surface area (Å²) in [5, 5.41) is 1.68. The predicted molar refractivity (Wildman–Crippen MR) is 60.4 cm³/mol. The summed E-state index contributed by atoms with van der Waals surface area (Å²) in [6.45, 7) is 2.54. The second-order valence-electron chi connectivity index (χ2n) is 3.85. The largest absolute Gasteiger partial charge is 0.336 e. The third-order valence-corrected chi connectivity index (χ3v) is 2.76. The number of hydrogen-bond donors (Lipinski definition) is 0. The van der Waals surface area contributed by atoms with E-state index in [1.165, 1.54) is 5.56 Å². The van der Waals surface area contributed by atoms with E-state index in [0.29, 0.717) is 13.1 Å². The van der Waals surface area contributed by atoms with Crippen LogP contribution in [0.3, 0.4) is 0 Å². The Morgan fingerprint density at radius 3 is 2.62 bits per heavy atom. The van der Waals surface area contributed by atoms with Gasteiger partial charge in [0.1, 0.15) is 6.54 Å². The number of amides is 1. The van der Waals surface area contributed by atoms with E-state index in [-0.39, 0.29) is 5.91 Å². The Bertz CT molecular complexity index is 353. The minimum absolute atomic E-state index is 0.122. The van der Waals surface area contributed by atoms with E-state index in [1.54, 1.807) is 12.2 Å². The third kappa shape index (κ3) is 2.59. The maximum atomic E-state index is 11.8. The summed E-state index contributed by atoms with van der Waals surface area (Å²) in [5.74, 6) is 0.122. The molecule has 4 heteroatoms. The summed E-state index contributed by atoms with van der Waals surface area (Å²) in [4.78, 5) is 18.7. The SMILES string of the molecule is CON1CCN(Cc2ccccc2)C(=O)C1. The molecular weight excluding hydrogens is 204 g/mol. The van der Waals surface area contributed by atoms with Crippen LogP contribution in [-0.4, -0.2) is 42.6 Å². The molecule has 0 N–H and O–H groups in total. The Hall–Kier alpha value is -1.39. The van der Waals surface area contributed by atoms with Gasteiger partial charge in [-0.25, -0.2) is 0 Å². The van der Waals surface area contributed by atoms with E-state index in [1.807, 2.05) is 35.2 Å². The van der Waals surface area contributed by atoms with Crippen molar-refractivity contribution in [3.05, 3.63) is 35.9 Å². The fourth-order valence-electron chi connectivity index (χ4n) is 1.81. The molecule has 86 valence electrons. The first-order valence-corrected chi connectivity index (χ1v) is 5.40. The molecule has 2 rings (SSSR count). The molecular formula is C12H16N2O2. The molecule has 4 nitrogen and oxygen atoms in total. The lowest BCUT2D eigenvalue weighted by atomic mass is 10.2. The van der Waals surface area contributed by atoms with Crippen LogP contribution in [0.5, 0.6) is 0 Å². The number of nitrogens with zero attached hydrogens (tertiary/aromatic N) is 2. The molecule has 1 fully saturated rings. The molecule has 1 saturated heterocycles. The number of hydrogen-bond acceptors (Lipinski definition) is 3. The van der Waals surface area contributed by atoms with Gasteiger partial charge in [0, 0.05) is 19.6 Å². The van der Waals surface area contributed by atoms with Crippen molar-refractivity contribution in [3.63, 3.8) is 0 Å². The summed E-state index contributed by atoms with van der Waals surface area (Å²) in [5.41, 5.74) is 1.17. The van der Waals surface area contributed by atoms with Crippen LogP contribution in [0.4, 0.5) is 0 Å². The van der Waals surface area contributed by atoms with Gasteiger partial charge in [-0.3, -0.25) is 4.79 Å². The highest BCUT2D eigenvalue weighted by Gasteiger charge is 2.23. The Kier molecular flexibility index (Phi) is 3.54. The summed E-state index contributed by atoms with van der Waals surface area (Å²) in [7, 11) is 1.60. The van der Waals surface area contributed by atoms with E-state index >= 15 is 0 Å². The van der Waals surface area contributed by atoms with Gasteiger partial charge in [-0.2, -0.15) is 5.06 Å². The molecule has 1 aliphatic rings. The highest BCUT2D eigenvalue weighted by molar-refractivity contribution is 5.78. The maximum absolute atomic E-state index is 11.8. The quantitative estimate of drug-likeness (QED) is 0.758. The maximum Gasteiger partial charge on any atom is 0.239 e. The van der Waals surface area contributed by atoms with Gasteiger partial charge in [0.05, 0.1) is 7.11 Å². The van der Waals surface area contributed by atoms with Crippen LogP contribution in [0.2, 0.25) is 0 Å². The molecule has 0 saturated carbocycles. The monoisotopic (exact) mass is 220 g/mol. The zero-order chi connectivity index (χ0) is 11.4. The van der Waals surface area contributed by atoms with Gasteiger partial charge in [-0.05, 0) is 5.56 Å². The molecule has 0 radical (unpaired) electrons. The number of piperazine rings is 1. The lowest BCUT2D eigenvalue weighted by Crippen LogP contribution is -2.49. The van der Waals surface area contributed by atoms with Crippen LogP contribution in [0, 0.1) is 0 Å². The first-order valence-electron chi connectivity index (χ1n) is 5.40. The van der Waals surface area contributed by atoms with E-state index in [9.17, 15) is 4.79 Å². The molecule has 0 spiro atoms. The Labute approximate surface area is 95.4 Å². The van der Waals surface area contributed by atoms with Crippen molar-refractivity contribution in [2.45, 2.75) is 6.54 Å². The average Bonchev–Trinajstić information content (AvgIpc) is 2.33. The van der Waals surface area contributed by atoms with Crippen LogP contribution < -0.4 is 0 Å². The third-order valence-electron chi connectivity index (χ3n) is 2.76. The molecule has 0 aliphatic carbocycles. The zero-order valence-corrected chi connectivity index (χ0v) is 9.43. The van der Waals surface area contributed by atoms with Gasteiger partial charge in [0.15, 0.2) is 0 Å². The van der Waals surface area contributed by atoms with Crippen molar-refractivity contribution < 1.29 is 9.63 Å². The first kappa shape index (κ1) is 11.1. The number of rotatable bonds is 3. The van der Waals surface area contributed by atoms with Crippen molar-refractivity contribution in [2.75, 3.05) is 26.7 Å². The van der Waals surface area contributed by atoms with E-state index in [0.717, 1.165) is 13.1 Å². The molecule has 1 amide bonds. The Balaban J connectivity index is 1.94. The van der Waals surface area contributed by atoms with Crippen LogP contribution in [0.25, 0.3) is 0 Å². The standard InChI is InChI=1S/C12H16N2O2/c1-16-14-8-7-13(12(15)10-14)9-11-5-3-2-4-6-11/h2-6H,7-10H2,1H3. The Morgan fingerprint density at radius 2 is 2.00 bits per heavy atom. The summed E-state index contributed by atoms with van der Waals surface area (Å²) in [6, 6.07) is 10.0. The normalized spacial score (nSPS) is 17.8. The van der Waals surface area contributed by atoms with Gasteiger partial charge < -0.3 is 9.74 Å². The number of hydroxylamine groups is 2. The highest BCUT2D eigenvalue weighted by Crippen LogP contribution is 2.09. The molecule has 0 aromatic heterocycles. The lowest BCUT2D eigenvalue weighted by molar-refractivity contribution is -0.173. The molecule has 1 aromatic carbocycles. The Morgan fingerprint density at radius 1 is 1.25 bits per heavy atom. The number of carbonyl (C=O) groups excluding carboxylic acids is 1. The predicted octanol–water partition coefficient (Wildman–Crippen LogP) is 0.892. The molecule has 16 heavy (non-hydrogen) atoms. The summed E-state index contributed by atoms with van der Waals surface area (Å²) < 4.78 is 0. The molecule has 1 heterocycles. The van der Waals surface area contributed by atoms with Crippen molar-refractivity contribution in [2.24, 2.45) is 0 Å². The smallest absolute Gasteiger partial charge is 0.239 e. The molecule has 0 atom stereocenters. The van der Waals surface area contributed by atoms with E-state index in [4.69, 9.17) is 4.84 Å². The minimum atomic E-state index is 0.122. The van der Waals surface area contributed by atoms with Gasteiger partial charge in [0.25, 0.3) is 0 Å². The minimum Gasteiger partial charge on any atom is -0.336 e. The van der Waals surface area contributed by atoms with Crippen LogP contribution in [0.1, 0.15) is 5.56 Å². The average molecular weight is 220 g/mol. The molecule has 0 unspecified atom stereocenters. The van der Waals surface area contributed by atoms with Crippen molar-refractivity contribution in [1.82, 2.24) is 9.96 Å². The first-order chi connectivity index (χ1) is 7.79. The van der Waals surface area contributed by atoms with Crippen molar-refractivity contribution in [3.8, 4) is 0 Å². The van der Waals surface area contributed by atoms with Gasteiger partial charge in [-0.15, -0.1) is 0 Å². The molecule has 1 aliphatic heterocycles. The van der Waals surface area contributed by atoms with Gasteiger partial charge in [-0.1, -0.05) is 30.3 Å². The summed E-state index contributed by atoms with van der Waals surface area (Å²) >= 11 is 0. The fraction of sp³-hybridized carbons (Fsp3) is 0.417. The van der Waals surface area contributed by atoms with Gasteiger partial charge >= 0.3 is 0 Å².